The molecule has 0 saturated heterocycles. The van der Waals surface area contributed by atoms with Crippen molar-refractivity contribution in [2.45, 2.75) is 39.7 Å². The highest BCUT2D eigenvalue weighted by molar-refractivity contribution is 5.82. The summed E-state index contributed by atoms with van der Waals surface area (Å²) in [6.45, 7) is 5.34. The Morgan fingerprint density at radius 1 is 1.25 bits per heavy atom. The molecule has 0 spiro atoms. The van der Waals surface area contributed by atoms with Crippen molar-refractivity contribution < 1.29 is 0 Å². The number of rotatable bonds is 5. The Kier molecular flexibility index (Phi) is 3.50. The largest absolute Gasteiger partial charge is 0.345 e. The van der Waals surface area contributed by atoms with Crippen molar-refractivity contribution in [3.05, 3.63) is 41.3 Å². The molecule has 104 valence electrons. The molecule has 20 heavy (non-hydrogen) atoms. The number of aromatic amines is 1. The maximum atomic E-state index is 3.99. The highest BCUT2D eigenvalue weighted by Gasteiger charge is 2.06. The summed E-state index contributed by atoms with van der Waals surface area (Å²) in [4.78, 5) is 0. The standard InChI is InChI=1S/C15H19N5/c1-3-12-6-7-14-13(10-12)9-11(2)20(14)8-4-5-15-16-18-19-17-15/h6-7,9-10H,3-5,8H2,1-2H3,(H,16,17,18,19). The molecule has 1 N–H and O–H groups in total. The quantitative estimate of drug-likeness (QED) is 0.774. The van der Waals surface area contributed by atoms with Crippen LogP contribution < -0.4 is 0 Å². The minimum absolute atomic E-state index is 0.785. The summed E-state index contributed by atoms with van der Waals surface area (Å²) in [7, 11) is 0. The van der Waals surface area contributed by atoms with E-state index in [9.17, 15) is 0 Å². The van der Waals surface area contributed by atoms with Gasteiger partial charge in [-0.15, -0.1) is 10.2 Å². The molecule has 0 aliphatic heterocycles. The lowest BCUT2D eigenvalue weighted by Crippen LogP contribution is -2.02. The van der Waals surface area contributed by atoms with E-state index in [1.165, 1.54) is 22.2 Å². The van der Waals surface area contributed by atoms with Crippen LogP contribution in [0, 0.1) is 6.92 Å². The van der Waals surface area contributed by atoms with Crippen molar-refractivity contribution in [2.24, 2.45) is 0 Å². The molecule has 0 saturated carbocycles. The molecule has 5 nitrogen and oxygen atoms in total. The van der Waals surface area contributed by atoms with Crippen molar-refractivity contribution in [1.82, 2.24) is 25.2 Å². The Hall–Kier alpha value is -2.17. The van der Waals surface area contributed by atoms with E-state index >= 15 is 0 Å². The van der Waals surface area contributed by atoms with Gasteiger partial charge in [0.2, 0.25) is 0 Å². The number of fused-ring (bicyclic) bond motifs is 1. The van der Waals surface area contributed by atoms with E-state index in [1.54, 1.807) is 0 Å². The summed E-state index contributed by atoms with van der Waals surface area (Å²) >= 11 is 0. The van der Waals surface area contributed by atoms with Gasteiger partial charge in [0.25, 0.3) is 0 Å². The van der Waals surface area contributed by atoms with Gasteiger partial charge >= 0.3 is 0 Å². The van der Waals surface area contributed by atoms with Crippen LogP contribution in [0.5, 0.6) is 0 Å². The van der Waals surface area contributed by atoms with Crippen molar-refractivity contribution in [2.75, 3.05) is 0 Å². The van der Waals surface area contributed by atoms with Crippen LogP contribution in [0.3, 0.4) is 0 Å². The zero-order chi connectivity index (χ0) is 13.9. The van der Waals surface area contributed by atoms with E-state index in [0.29, 0.717) is 0 Å². The van der Waals surface area contributed by atoms with Gasteiger partial charge in [-0.1, -0.05) is 18.2 Å². The van der Waals surface area contributed by atoms with Crippen LogP contribution in [0.4, 0.5) is 0 Å². The molecule has 2 aromatic heterocycles. The van der Waals surface area contributed by atoms with Crippen LogP contribution in [0.25, 0.3) is 10.9 Å². The second-order valence-corrected chi connectivity index (χ2v) is 5.12. The minimum Gasteiger partial charge on any atom is -0.345 e. The Balaban J connectivity index is 1.78. The monoisotopic (exact) mass is 269 g/mol. The zero-order valence-corrected chi connectivity index (χ0v) is 11.9. The van der Waals surface area contributed by atoms with E-state index in [0.717, 1.165) is 31.6 Å². The molecule has 0 fully saturated rings. The minimum atomic E-state index is 0.785. The molecule has 1 aromatic carbocycles. The van der Waals surface area contributed by atoms with Gasteiger partial charge in [0.15, 0.2) is 5.82 Å². The van der Waals surface area contributed by atoms with E-state index in [2.05, 4.69) is 63.3 Å². The first-order chi connectivity index (χ1) is 9.78. The zero-order valence-electron chi connectivity index (χ0n) is 11.9. The molecular formula is C15H19N5. The summed E-state index contributed by atoms with van der Waals surface area (Å²) in [5.74, 6) is 0.785. The van der Waals surface area contributed by atoms with Gasteiger partial charge < -0.3 is 4.57 Å². The van der Waals surface area contributed by atoms with Gasteiger partial charge in [0, 0.05) is 29.6 Å². The number of nitrogens with zero attached hydrogens (tertiary/aromatic N) is 4. The fourth-order valence-electron chi connectivity index (χ4n) is 2.66. The van der Waals surface area contributed by atoms with Crippen molar-refractivity contribution in [1.29, 1.82) is 0 Å². The summed E-state index contributed by atoms with van der Waals surface area (Å²) in [5, 5.41) is 15.4. The second kappa shape index (κ2) is 5.45. The lowest BCUT2D eigenvalue weighted by atomic mass is 10.1. The number of tetrazole rings is 1. The summed E-state index contributed by atoms with van der Waals surface area (Å²) in [5.41, 5.74) is 4.01. The van der Waals surface area contributed by atoms with Crippen LogP contribution in [0.2, 0.25) is 0 Å². The first-order valence-electron chi connectivity index (χ1n) is 7.09. The van der Waals surface area contributed by atoms with Gasteiger partial charge in [-0.3, -0.25) is 0 Å². The van der Waals surface area contributed by atoms with Crippen molar-refractivity contribution >= 4 is 10.9 Å². The van der Waals surface area contributed by atoms with Crippen LogP contribution >= 0.6 is 0 Å². The Labute approximate surface area is 118 Å². The molecule has 0 aliphatic rings. The Bertz CT molecular complexity index is 696. The van der Waals surface area contributed by atoms with Gasteiger partial charge in [0.05, 0.1) is 0 Å². The molecule has 3 rings (SSSR count). The number of nitrogens with one attached hydrogen (secondary N) is 1. The summed E-state index contributed by atoms with van der Waals surface area (Å²) < 4.78 is 2.37. The number of hydrogen-bond donors (Lipinski definition) is 1. The maximum Gasteiger partial charge on any atom is 0.174 e. The van der Waals surface area contributed by atoms with Crippen molar-refractivity contribution in [3.63, 3.8) is 0 Å². The van der Waals surface area contributed by atoms with Gasteiger partial charge in [-0.25, -0.2) is 0 Å². The second-order valence-electron chi connectivity index (χ2n) is 5.12. The molecule has 2 heterocycles. The van der Waals surface area contributed by atoms with Crippen LogP contribution in [-0.2, 0) is 19.4 Å². The van der Waals surface area contributed by atoms with E-state index in [-0.39, 0.29) is 0 Å². The van der Waals surface area contributed by atoms with Crippen LogP contribution in [0.15, 0.2) is 24.3 Å². The predicted octanol–water partition coefficient (Wildman–Crippen LogP) is 2.66. The summed E-state index contributed by atoms with van der Waals surface area (Å²) in [6.07, 6.45) is 2.94. The van der Waals surface area contributed by atoms with Gasteiger partial charge in [0.1, 0.15) is 0 Å². The molecule has 0 radical (unpaired) electrons. The molecule has 3 aromatic rings. The summed E-state index contributed by atoms with van der Waals surface area (Å²) in [6, 6.07) is 9.01. The normalized spacial score (nSPS) is 11.3. The van der Waals surface area contributed by atoms with E-state index in [1.807, 2.05) is 0 Å². The van der Waals surface area contributed by atoms with Crippen LogP contribution in [-0.4, -0.2) is 25.2 Å². The fourth-order valence-corrected chi connectivity index (χ4v) is 2.66. The first kappa shape index (κ1) is 12.8. The highest BCUT2D eigenvalue weighted by Crippen LogP contribution is 2.22. The lowest BCUT2D eigenvalue weighted by molar-refractivity contribution is 0.634. The molecule has 5 heteroatoms. The lowest BCUT2D eigenvalue weighted by Gasteiger charge is -2.07. The third-order valence-electron chi connectivity index (χ3n) is 3.75. The fraction of sp³-hybridized carbons (Fsp3) is 0.400. The molecule has 0 unspecified atom stereocenters. The van der Waals surface area contributed by atoms with Crippen molar-refractivity contribution in [3.8, 4) is 0 Å². The topological polar surface area (TPSA) is 59.4 Å². The Morgan fingerprint density at radius 3 is 2.90 bits per heavy atom. The third-order valence-corrected chi connectivity index (χ3v) is 3.75. The molecular weight excluding hydrogens is 250 g/mol. The number of H-pyrrole nitrogens is 1. The predicted molar refractivity (Wildman–Crippen MR) is 78.6 cm³/mol. The van der Waals surface area contributed by atoms with Gasteiger partial charge in [-0.05, 0) is 43.5 Å². The molecule has 0 bridgehead atoms. The number of benzene rings is 1. The van der Waals surface area contributed by atoms with Crippen LogP contribution in [0.1, 0.15) is 30.4 Å². The highest BCUT2D eigenvalue weighted by atomic mass is 15.5. The number of aryl methyl sites for hydroxylation is 4. The number of aromatic nitrogens is 5. The van der Waals surface area contributed by atoms with Gasteiger partial charge in [-0.2, -0.15) is 5.21 Å². The average molecular weight is 269 g/mol. The maximum absolute atomic E-state index is 3.99. The number of hydrogen-bond acceptors (Lipinski definition) is 3. The average Bonchev–Trinajstić information content (AvgIpc) is 3.06. The molecule has 0 amide bonds. The molecule has 0 aliphatic carbocycles. The molecule has 0 atom stereocenters. The smallest absolute Gasteiger partial charge is 0.174 e. The van der Waals surface area contributed by atoms with E-state index < -0.39 is 0 Å². The first-order valence-corrected chi connectivity index (χ1v) is 7.09. The van der Waals surface area contributed by atoms with E-state index in [4.69, 9.17) is 0 Å². The Morgan fingerprint density at radius 2 is 2.15 bits per heavy atom. The SMILES string of the molecule is CCc1ccc2c(c1)cc(C)n2CCCc1nn[nH]n1. The third kappa shape index (κ3) is 2.43.